The van der Waals surface area contributed by atoms with Crippen LogP contribution in [0.25, 0.3) is 11.3 Å². The van der Waals surface area contributed by atoms with Gasteiger partial charge in [-0.2, -0.15) is 4.98 Å². The van der Waals surface area contributed by atoms with Crippen LogP contribution in [0.1, 0.15) is 57.4 Å². The fourth-order valence-corrected chi connectivity index (χ4v) is 4.78. The summed E-state index contributed by atoms with van der Waals surface area (Å²) in [5.74, 6) is 1.93. The first-order valence-corrected chi connectivity index (χ1v) is 12.5. The van der Waals surface area contributed by atoms with E-state index in [-0.39, 0.29) is 5.91 Å². The Bertz CT molecular complexity index is 1120. The topological polar surface area (TPSA) is 68.2 Å². The summed E-state index contributed by atoms with van der Waals surface area (Å²) in [6, 6.07) is 15.8. The van der Waals surface area contributed by atoms with E-state index < -0.39 is 6.23 Å². The number of rotatable bonds is 7. The Labute approximate surface area is 199 Å². The number of aryl methyl sites for hydroxylation is 1. The van der Waals surface area contributed by atoms with Gasteiger partial charge in [0.25, 0.3) is 0 Å². The molecule has 0 radical (unpaired) electrons. The van der Waals surface area contributed by atoms with E-state index >= 15 is 0 Å². The number of amides is 1. The molecule has 1 aliphatic rings. The molecule has 1 amide bonds. The van der Waals surface area contributed by atoms with Crippen molar-refractivity contribution in [2.75, 3.05) is 10.7 Å². The summed E-state index contributed by atoms with van der Waals surface area (Å²) < 4.78 is 6.49. The zero-order valence-corrected chi connectivity index (χ0v) is 20.4. The third-order valence-corrected chi connectivity index (χ3v) is 6.37. The van der Waals surface area contributed by atoms with Gasteiger partial charge in [-0.25, -0.2) is 0 Å². The molecule has 1 aliphatic heterocycles. The highest BCUT2D eigenvalue weighted by atomic mass is 32.2. The van der Waals surface area contributed by atoms with Gasteiger partial charge in [0.05, 0.1) is 5.69 Å². The lowest BCUT2D eigenvalue weighted by Crippen LogP contribution is -2.37. The molecule has 0 spiro atoms. The van der Waals surface area contributed by atoms with Crippen molar-refractivity contribution in [3.8, 4) is 17.1 Å². The highest BCUT2D eigenvalue weighted by Gasteiger charge is 2.35. The van der Waals surface area contributed by atoms with Crippen LogP contribution in [0.5, 0.6) is 5.88 Å². The lowest BCUT2D eigenvalue weighted by molar-refractivity contribution is -0.120. The fraction of sp³-hybridized carbons (Fsp3) is 0.385. The molecule has 0 bridgehead atoms. The van der Waals surface area contributed by atoms with Crippen molar-refractivity contribution in [2.45, 2.75) is 58.3 Å². The van der Waals surface area contributed by atoms with Crippen LogP contribution in [0, 0.1) is 12.8 Å². The van der Waals surface area contributed by atoms with Gasteiger partial charge in [0.15, 0.2) is 5.69 Å². The van der Waals surface area contributed by atoms with Crippen LogP contribution >= 0.6 is 11.8 Å². The highest BCUT2D eigenvalue weighted by Crippen LogP contribution is 2.44. The molecule has 1 aromatic heterocycles. The lowest BCUT2D eigenvalue weighted by atomic mass is 10.0. The van der Waals surface area contributed by atoms with E-state index in [1.165, 1.54) is 0 Å². The summed E-state index contributed by atoms with van der Waals surface area (Å²) in [4.78, 5) is 19.9. The number of carbonyl (C=O) groups excluding carboxylic acids is 1. The summed E-state index contributed by atoms with van der Waals surface area (Å²) in [5, 5.41) is 9.50. The van der Waals surface area contributed by atoms with Crippen LogP contribution in [0.4, 0.5) is 5.69 Å². The average Bonchev–Trinajstić information content (AvgIpc) is 2.93. The SMILES string of the molecule is CCCC(=O)N1c2ccc(C)cc2-c2nnc(SCCC(C)C)nc2OC1c1ccccc1. The van der Waals surface area contributed by atoms with Crippen molar-refractivity contribution >= 4 is 23.4 Å². The molecule has 0 aliphatic carbocycles. The molecule has 0 saturated heterocycles. The quantitative estimate of drug-likeness (QED) is 0.389. The number of thioether (sulfide) groups is 1. The maximum Gasteiger partial charge on any atom is 0.247 e. The first kappa shape index (κ1) is 23.2. The van der Waals surface area contributed by atoms with Crippen molar-refractivity contribution in [3.63, 3.8) is 0 Å². The molecule has 2 aromatic carbocycles. The minimum absolute atomic E-state index is 0.00348. The number of aromatic nitrogens is 3. The number of benzene rings is 2. The summed E-state index contributed by atoms with van der Waals surface area (Å²) in [5.41, 5.74) is 4.09. The molecule has 172 valence electrons. The number of carbonyl (C=O) groups is 1. The van der Waals surface area contributed by atoms with E-state index in [9.17, 15) is 4.79 Å². The minimum atomic E-state index is -0.641. The third-order valence-electron chi connectivity index (χ3n) is 5.50. The van der Waals surface area contributed by atoms with Crippen molar-refractivity contribution in [1.82, 2.24) is 15.2 Å². The standard InChI is InChI=1S/C26H30N4O2S/c1-5-9-22(31)30-21-13-12-18(4)16-20(21)23-24(32-25(30)19-10-7-6-8-11-19)27-26(29-28-23)33-15-14-17(2)3/h6-8,10-13,16-17,25H,5,9,14-15H2,1-4H3. The van der Waals surface area contributed by atoms with Crippen molar-refractivity contribution in [1.29, 1.82) is 0 Å². The largest absolute Gasteiger partial charge is 0.447 e. The van der Waals surface area contributed by atoms with Gasteiger partial charge >= 0.3 is 0 Å². The van der Waals surface area contributed by atoms with Gasteiger partial charge in [-0.3, -0.25) is 9.69 Å². The molecule has 7 heteroatoms. The normalized spacial score (nSPS) is 14.9. The van der Waals surface area contributed by atoms with E-state index in [4.69, 9.17) is 9.72 Å². The molecule has 2 heterocycles. The zero-order valence-electron chi connectivity index (χ0n) is 19.6. The summed E-state index contributed by atoms with van der Waals surface area (Å²) >= 11 is 1.58. The van der Waals surface area contributed by atoms with Crippen LogP contribution in [0.3, 0.4) is 0 Å². The predicted octanol–water partition coefficient (Wildman–Crippen LogP) is 6.21. The van der Waals surface area contributed by atoms with Crippen molar-refractivity contribution < 1.29 is 9.53 Å². The number of ether oxygens (including phenoxy) is 1. The number of anilines is 1. The average molecular weight is 463 g/mol. The first-order valence-electron chi connectivity index (χ1n) is 11.5. The van der Waals surface area contributed by atoms with Crippen molar-refractivity contribution in [2.24, 2.45) is 5.92 Å². The number of nitrogens with zero attached hydrogens (tertiary/aromatic N) is 4. The smallest absolute Gasteiger partial charge is 0.247 e. The summed E-state index contributed by atoms with van der Waals surface area (Å²) in [7, 11) is 0. The molecular weight excluding hydrogens is 432 g/mol. The van der Waals surface area contributed by atoms with E-state index in [1.807, 2.05) is 62.4 Å². The molecule has 0 fully saturated rings. The number of hydrogen-bond acceptors (Lipinski definition) is 6. The van der Waals surface area contributed by atoms with E-state index in [0.717, 1.165) is 41.0 Å². The second-order valence-corrected chi connectivity index (χ2v) is 9.76. The van der Waals surface area contributed by atoms with Crippen LogP contribution in [0.15, 0.2) is 53.7 Å². The Morgan fingerprint density at radius 2 is 1.94 bits per heavy atom. The van der Waals surface area contributed by atoms with Crippen molar-refractivity contribution in [3.05, 3.63) is 59.7 Å². The van der Waals surface area contributed by atoms with Crippen LogP contribution < -0.4 is 9.64 Å². The lowest BCUT2D eigenvalue weighted by Gasteiger charge is -2.31. The van der Waals surface area contributed by atoms with Gasteiger partial charge in [-0.05, 0) is 37.8 Å². The number of fused-ring (bicyclic) bond motifs is 3. The molecule has 3 aromatic rings. The summed E-state index contributed by atoms with van der Waals surface area (Å²) in [6.45, 7) is 8.43. The monoisotopic (exact) mass is 462 g/mol. The summed E-state index contributed by atoms with van der Waals surface area (Å²) in [6.07, 6.45) is 1.60. The molecule has 1 unspecified atom stereocenters. The molecule has 33 heavy (non-hydrogen) atoms. The maximum atomic E-state index is 13.4. The molecular formula is C26H30N4O2S. The first-order chi connectivity index (χ1) is 16.0. The van der Waals surface area contributed by atoms with Crippen LogP contribution in [0.2, 0.25) is 0 Å². The number of hydrogen-bond donors (Lipinski definition) is 0. The second kappa shape index (κ2) is 10.3. The fourth-order valence-electron chi connectivity index (χ4n) is 3.76. The van der Waals surface area contributed by atoms with E-state index in [0.29, 0.717) is 29.1 Å². The third kappa shape index (κ3) is 5.19. The van der Waals surface area contributed by atoms with E-state index in [2.05, 4.69) is 24.0 Å². The van der Waals surface area contributed by atoms with Gasteiger partial charge in [-0.15, -0.1) is 10.2 Å². The van der Waals surface area contributed by atoms with Gasteiger partial charge in [0, 0.05) is 23.3 Å². The molecule has 1 atom stereocenters. The Balaban J connectivity index is 1.84. The molecule has 0 saturated carbocycles. The van der Waals surface area contributed by atoms with Gasteiger partial charge in [0.1, 0.15) is 0 Å². The highest BCUT2D eigenvalue weighted by molar-refractivity contribution is 7.99. The Hall–Kier alpha value is -2.93. The van der Waals surface area contributed by atoms with Gasteiger partial charge in [-0.1, -0.05) is 74.5 Å². The van der Waals surface area contributed by atoms with Crippen LogP contribution in [-0.2, 0) is 4.79 Å². The minimum Gasteiger partial charge on any atom is -0.447 e. The van der Waals surface area contributed by atoms with Gasteiger partial charge in [0.2, 0.25) is 23.2 Å². The Kier molecular flexibility index (Phi) is 7.28. The van der Waals surface area contributed by atoms with Gasteiger partial charge < -0.3 is 4.74 Å². The molecule has 6 nitrogen and oxygen atoms in total. The molecule has 4 rings (SSSR count). The Morgan fingerprint density at radius 1 is 1.15 bits per heavy atom. The Morgan fingerprint density at radius 3 is 2.67 bits per heavy atom. The second-order valence-electron chi connectivity index (χ2n) is 8.69. The predicted molar refractivity (Wildman–Crippen MR) is 132 cm³/mol. The zero-order chi connectivity index (χ0) is 23.4. The maximum absolute atomic E-state index is 13.4. The van der Waals surface area contributed by atoms with E-state index in [1.54, 1.807) is 16.7 Å². The van der Waals surface area contributed by atoms with Crippen LogP contribution in [-0.4, -0.2) is 26.8 Å². The molecule has 0 N–H and O–H groups in total.